The number of halogens is 2. The molecule has 0 saturated heterocycles. The summed E-state index contributed by atoms with van der Waals surface area (Å²) in [5, 5.41) is 0. The molecule has 0 atom stereocenters. The summed E-state index contributed by atoms with van der Waals surface area (Å²) in [7, 11) is 0. The summed E-state index contributed by atoms with van der Waals surface area (Å²) < 4.78 is 13.0. The molecular weight excluding hydrogens is 226 g/mol. The average molecular weight is 228 g/mol. The van der Waals surface area contributed by atoms with Crippen LogP contribution in [0.15, 0.2) is 15.5 Å². The van der Waals surface area contributed by atoms with Crippen LogP contribution in [0.4, 0.5) is 4.39 Å². The minimum atomic E-state index is -0.0417. The van der Waals surface area contributed by atoms with E-state index in [9.17, 15) is 4.39 Å². The fraction of sp³-hybridized carbons (Fsp3) is 0. The van der Waals surface area contributed by atoms with Crippen LogP contribution in [0.5, 0.6) is 0 Å². The Labute approximate surface area is 55.2 Å². The molecule has 38 valence electrons. The third-order valence-electron chi connectivity index (χ3n) is 0.540. The molecule has 1 heterocycles. The molecule has 0 nitrogen and oxygen atoms in total. The molecule has 0 aliphatic rings. The first-order chi connectivity index (χ1) is 3.29. The number of rotatable bonds is 0. The van der Waals surface area contributed by atoms with E-state index in [0.29, 0.717) is 0 Å². The van der Waals surface area contributed by atoms with Crippen molar-refractivity contribution in [2.24, 2.45) is 0 Å². The first kappa shape index (κ1) is 5.54. The Morgan fingerprint density at radius 3 is 2.43 bits per heavy atom. The monoisotopic (exact) mass is 228 g/mol. The molecule has 0 N–H and O–H groups in total. The third-order valence-corrected chi connectivity index (χ3v) is 3.04. The zero-order valence-corrected chi connectivity index (χ0v) is 6.62. The van der Waals surface area contributed by atoms with Crippen LogP contribution in [-0.2, 0) is 0 Å². The van der Waals surface area contributed by atoms with Gasteiger partial charge < -0.3 is 0 Å². The Bertz CT molecular complexity index is 144. The number of hydrogen-bond donors (Lipinski definition) is 0. The molecule has 1 aromatic rings. The molecule has 0 aliphatic carbocycles. The molecule has 1 rings (SSSR count). The third kappa shape index (κ3) is 1.41. The zero-order valence-electron chi connectivity index (χ0n) is 3.32. The van der Waals surface area contributed by atoms with Crippen LogP contribution in [-0.4, -0.2) is 14.5 Å². The normalized spacial score (nSPS) is 9.43. The van der Waals surface area contributed by atoms with Crippen molar-refractivity contribution in [1.82, 2.24) is 0 Å². The maximum absolute atomic E-state index is 12.0. The summed E-state index contributed by atoms with van der Waals surface area (Å²) in [5.41, 5.74) is 0. The van der Waals surface area contributed by atoms with E-state index in [1.165, 1.54) is 6.07 Å². The molecule has 0 saturated carbocycles. The summed E-state index contributed by atoms with van der Waals surface area (Å²) in [5.74, 6) is 0. The quantitative estimate of drug-likeness (QED) is 0.592. The van der Waals surface area contributed by atoms with Crippen LogP contribution < -0.4 is 0 Å². The van der Waals surface area contributed by atoms with Crippen LogP contribution in [0.25, 0.3) is 0 Å². The summed E-state index contributed by atoms with van der Waals surface area (Å²) >= 11 is 3.13. The second kappa shape index (κ2) is 2.12. The van der Waals surface area contributed by atoms with Gasteiger partial charge in [0.15, 0.2) is 0 Å². The van der Waals surface area contributed by atoms with Crippen LogP contribution in [0.1, 0.15) is 0 Å². The molecule has 0 aromatic carbocycles. The Hall–Kier alpha value is 0.409. The summed E-state index contributed by atoms with van der Waals surface area (Å²) in [4.78, 5) is 0. The minimum absolute atomic E-state index is 0.000579. The van der Waals surface area contributed by atoms with E-state index in [2.05, 4.69) is 15.9 Å². The second-order valence-corrected chi connectivity index (χ2v) is 5.25. The van der Waals surface area contributed by atoms with Gasteiger partial charge in [0, 0.05) is 0 Å². The molecule has 7 heavy (non-hydrogen) atoms. The molecule has 0 spiro atoms. The van der Waals surface area contributed by atoms with Gasteiger partial charge in [-0.3, -0.25) is 0 Å². The molecular formula is C4H2BrFSe. The Balaban J connectivity index is 3.04. The Morgan fingerprint density at radius 2 is 2.29 bits per heavy atom. The first-order valence-electron chi connectivity index (χ1n) is 1.70. The molecule has 0 radical (unpaired) electrons. The van der Waals surface area contributed by atoms with E-state index < -0.39 is 0 Å². The van der Waals surface area contributed by atoms with Crippen molar-refractivity contribution < 1.29 is 4.39 Å². The summed E-state index contributed by atoms with van der Waals surface area (Å²) in [6.45, 7) is 0. The standard InChI is InChI=1S/C4H2BrFSe/c5-3-1-2-4(6)7-3/h1-2H. The van der Waals surface area contributed by atoms with Gasteiger partial charge in [-0.05, 0) is 0 Å². The van der Waals surface area contributed by atoms with E-state index >= 15 is 0 Å². The van der Waals surface area contributed by atoms with Crippen molar-refractivity contribution in [1.29, 1.82) is 0 Å². The van der Waals surface area contributed by atoms with Gasteiger partial charge >= 0.3 is 55.0 Å². The van der Waals surface area contributed by atoms with E-state index in [0.717, 1.165) is 3.35 Å². The Kier molecular flexibility index (Phi) is 1.68. The van der Waals surface area contributed by atoms with E-state index in [1.807, 2.05) is 0 Å². The second-order valence-electron chi connectivity index (χ2n) is 1.04. The van der Waals surface area contributed by atoms with Gasteiger partial charge in [-0.25, -0.2) is 0 Å². The molecule has 0 bridgehead atoms. The molecule has 0 unspecified atom stereocenters. The SMILES string of the molecule is Fc1ccc(Br)[se]1. The van der Waals surface area contributed by atoms with Crippen molar-refractivity contribution in [3.8, 4) is 0 Å². The predicted molar refractivity (Wildman–Crippen MR) is 31.0 cm³/mol. The summed E-state index contributed by atoms with van der Waals surface area (Å²) in [6, 6.07) is 3.24. The van der Waals surface area contributed by atoms with Crippen molar-refractivity contribution >= 4 is 30.4 Å². The fourth-order valence-corrected chi connectivity index (χ4v) is 2.19. The fourth-order valence-electron chi connectivity index (χ4n) is 0.292. The van der Waals surface area contributed by atoms with E-state index in [1.54, 1.807) is 6.07 Å². The van der Waals surface area contributed by atoms with Gasteiger partial charge in [0.05, 0.1) is 0 Å². The molecule has 0 amide bonds. The van der Waals surface area contributed by atoms with Crippen LogP contribution in [0.2, 0.25) is 0 Å². The van der Waals surface area contributed by atoms with E-state index in [4.69, 9.17) is 0 Å². The topological polar surface area (TPSA) is 0 Å². The van der Waals surface area contributed by atoms with Crippen LogP contribution in [0.3, 0.4) is 0 Å². The van der Waals surface area contributed by atoms with Gasteiger partial charge in [-0.15, -0.1) is 0 Å². The predicted octanol–water partition coefficient (Wildman–Crippen LogP) is 1.65. The van der Waals surface area contributed by atoms with Crippen LogP contribution >= 0.6 is 15.9 Å². The molecule has 3 heteroatoms. The summed E-state index contributed by atoms with van der Waals surface area (Å²) in [6.07, 6.45) is 0. The average Bonchev–Trinajstić information content (AvgIpc) is 1.87. The number of hydrogen-bond acceptors (Lipinski definition) is 0. The molecule has 0 fully saturated rings. The van der Waals surface area contributed by atoms with Crippen molar-refractivity contribution in [2.75, 3.05) is 0 Å². The van der Waals surface area contributed by atoms with Crippen molar-refractivity contribution in [2.45, 2.75) is 0 Å². The zero-order chi connectivity index (χ0) is 5.28. The van der Waals surface area contributed by atoms with Gasteiger partial charge in [0.1, 0.15) is 0 Å². The molecule has 1 aromatic heterocycles. The van der Waals surface area contributed by atoms with Gasteiger partial charge in [0.2, 0.25) is 0 Å². The van der Waals surface area contributed by atoms with Gasteiger partial charge in [-0.1, -0.05) is 0 Å². The van der Waals surface area contributed by atoms with Crippen LogP contribution in [0, 0.1) is 4.69 Å². The van der Waals surface area contributed by atoms with Crippen molar-refractivity contribution in [3.05, 3.63) is 20.2 Å². The van der Waals surface area contributed by atoms with Gasteiger partial charge in [-0.2, -0.15) is 0 Å². The van der Waals surface area contributed by atoms with E-state index in [-0.39, 0.29) is 19.2 Å². The maximum atomic E-state index is 12.0. The Morgan fingerprint density at radius 1 is 1.57 bits per heavy atom. The van der Waals surface area contributed by atoms with Gasteiger partial charge in [0.25, 0.3) is 0 Å². The first-order valence-corrected chi connectivity index (χ1v) is 4.20. The molecule has 0 aliphatic heterocycles. The van der Waals surface area contributed by atoms with Crippen molar-refractivity contribution in [3.63, 3.8) is 0 Å².